The molecule has 0 radical (unpaired) electrons. The molecule has 1 aromatic heterocycles. The fourth-order valence-electron chi connectivity index (χ4n) is 3.29. The molecule has 35 heavy (non-hydrogen) atoms. The fourth-order valence-corrected chi connectivity index (χ4v) is 3.29. The molecule has 0 spiro atoms. The van der Waals surface area contributed by atoms with Gasteiger partial charge in [-0.3, -0.25) is 4.98 Å². The van der Waals surface area contributed by atoms with Crippen molar-refractivity contribution in [3.8, 4) is 22.5 Å². The Hall–Kier alpha value is -4.87. The third kappa shape index (κ3) is 5.38. The van der Waals surface area contributed by atoms with Gasteiger partial charge in [-0.25, -0.2) is 19.5 Å². The predicted octanol–water partition coefficient (Wildman–Crippen LogP) is 4.79. The summed E-state index contributed by atoms with van der Waals surface area (Å²) in [5.74, 6) is -0.967. The van der Waals surface area contributed by atoms with Crippen LogP contribution in [-0.2, 0) is 6.18 Å². The third-order valence-electron chi connectivity index (χ3n) is 4.94. The summed E-state index contributed by atoms with van der Waals surface area (Å²) in [5.41, 5.74) is 0.348. The lowest BCUT2D eigenvalue weighted by molar-refractivity contribution is -0.137. The number of anilines is 2. The quantitative estimate of drug-likeness (QED) is 0.278. The maximum Gasteiger partial charge on any atom is 0.416 e. The number of nitrogens with one attached hydrogen (secondary N) is 4. The Morgan fingerprint density at radius 1 is 0.914 bits per heavy atom. The van der Waals surface area contributed by atoms with E-state index in [-0.39, 0.29) is 22.8 Å². The first kappa shape index (κ1) is 23.3. The fraction of sp³-hybridized carbons (Fsp3) is 0.0435. The molecule has 0 saturated heterocycles. The van der Waals surface area contributed by atoms with E-state index in [9.17, 15) is 27.6 Å². The molecule has 0 atom stereocenters. The monoisotopic (exact) mass is 483 g/mol. The molecule has 0 aliphatic carbocycles. The topological polar surface area (TPSA) is 140 Å². The Kier molecular flexibility index (Phi) is 6.10. The number of aromatic amines is 2. The van der Waals surface area contributed by atoms with Gasteiger partial charge in [0.1, 0.15) is 0 Å². The number of amides is 2. The highest BCUT2D eigenvalue weighted by molar-refractivity contribution is 6.02. The molecule has 2 amide bonds. The number of H-pyrrole nitrogens is 2. The van der Waals surface area contributed by atoms with Crippen LogP contribution in [0.1, 0.15) is 15.9 Å². The number of rotatable bonds is 5. The zero-order valence-electron chi connectivity index (χ0n) is 17.6. The number of hydrogen-bond donors (Lipinski definition) is 5. The molecule has 4 rings (SSSR count). The van der Waals surface area contributed by atoms with Gasteiger partial charge in [-0.15, -0.1) is 0 Å². The van der Waals surface area contributed by atoms with E-state index >= 15 is 0 Å². The average molecular weight is 483 g/mol. The molecular formula is C23H16F3N5O4. The predicted molar refractivity (Wildman–Crippen MR) is 121 cm³/mol. The third-order valence-corrected chi connectivity index (χ3v) is 4.94. The average Bonchev–Trinajstić information content (AvgIpc) is 3.25. The standard InChI is InChI=1S/C23H16F3N5O4/c24-23(25,26)15-2-1-3-16(11-15)27-21(34)28-18-9-8-14(10-17(18)19-29-22(35)31-30-19)12-4-6-13(7-5-12)20(32)33/h1-11H,(H,32,33)(H2,27,28,34)(H2,29,30,31,35). The van der Waals surface area contributed by atoms with Crippen molar-refractivity contribution in [1.82, 2.24) is 15.2 Å². The summed E-state index contributed by atoms with van der Waals surface area (Å²) >= 11 is 0. The molecule has 1 heterocycles. The first-order valence-corrected chi connectivity index (χ1v) is 9.98. The Morgan fingerprint density at radius 3 is 2.26 bits per heavy atom. The minimum absolute atomic E-state index is 0.0674. The summed E-state index contributed by atoms with van der Waals surface area (Å²) in [7, 11) is 0. The molecule has 9 nitrogen and oxygen atoms in total. The highest BCUT2D eigenvalue weighted by Gasteiger charge is 2.30. The van der Waals surface area contributed by atoms with Gasteiger partial charge in [0.2, 0.25) is 0 Å². The Balaban J connectivity index is 1.63. The number of carbonyl (C=O) groups is 2. The van der Waals surface area contributed by atoms with Crippen molar-refractivity contribution in [3.63, 3.8) is 0 Å². The molecule has 4 aromatic rings. The Labute approximate surface area is 194 Å². The number of aromatic carboxylic acids is 1. The molecular weight excluding hydrogens is 467 g/mol. The van der Waals surface area contributed by atoms with Crippen molar-refractivity contribution in [2.75, 3.05) is 10.6 Å². The van der Waals surface area contributed by atoms with E-state index in [2.05, 4.69) is 25.8 Å². The van der Waals surface area contributed by atoms with Gasteiger partial charge in [-0.05, 0) is 53.6 Å². The second-order valence-corrected chi connectivity index (χ2v) is 7.33. The van der Waals surface area contributed by atoms with Crippen molar-refractivity contribution in [2.45, 2.75) is 6.18 Å². The van der Waals surface area contributed by atoms with Gasteiger partial charge in [0, 0.05) is 11.3 Å². The van der Waals surface area contributed by atoms with Gasteiger partial charge < -0.3 is 15.7 Å². The largest absolute Gasteiger partial charge is 0.478 e. The van der Waals surface area contributed by atoms with Crippen LogP contribution in [0, 0.1) is 0 Å². The summed E-state index contributed by atoms with van der Waals surface area (Å²) in [6.45, 7) is 0. The van der Waals surface area contributed by atoms with Gasteiger partial charge >= 0.3 is 23.9 Å². The van der Waals surface area contributed by atoms with Crippen LogP contribution in [0.15, 0.2) is 71.5 Å². The second-order valence-electron chi connectivity index (χ2n) is 7.33. The van der Waals surface area contributed by atoms with E-state index in [0.717, 1.165) is 12.1 Å². The molecule has 0 bridgehead atoms. The van der Waals surface area contributed by atoms with Gasteiger partial charge in [-0.2, -0.15) is 18.3 Å². The van der Waals surface area contributed by atoms with Crippen LogP contribution in [0.3, 0.4) is 0 Å². The summed E-state index contributed by atoms with van der Waals surface area (Å²) < 4.78 is 38.8. The number of carboxylic acid groups (broad SMARTS) is 1. The second kappa shape index (κ2) is 9.17. The first-order chi connectivity index (χ1) is 16.6. The number of carbonyl (C=O) groups excluding carboxylic acids is 1. The summed E-state index contributed by atoms with van der Waals surface area (Å²) in [4.78, 5) is 37.7. The summed E-state index contributed by atoms with van der Waals surface area (Å²) in [6.07, 6.45) is -4.56. The minimum atomic E-state index is -4.56. The van der Waals surface area contributed by atoms with Gasteiger partial charge in [0.25, 0.3) is 0 Å². The maximum atomic E-state index is 12.9. The summed E-state index contributed by atoms with van der Waals surface area (Å²) in [5, 5.41) is 20.1. The molecule has 0 aliphatic heterocycles. The number of urea groups is 1. The molecule has 0 fully saturated rings. The number of carboxylic acids is 1. The Morgan fingerprint density at radius 2 is 1.63 bits per heavy atom. The van der Waals surface area contributed by atoms with Crippen LogP contribution in [-0.4, -0.2) is 32.3 Å². The van der Waals surface area contributed by atoms with Crippen LogP contribution in [0.4, 0.5) is 29.3 Å². The molecule has 5 N–H and O–H groups in total. The smallest absolute Gasteiger partial charge is 0.416 e. The first-order valence-electron chi connectivity index (χ1n) is 9.98. The van der Waals surface area contributed by atoms with Crippen molar-refractivity contribution in [3.05, 3.63) is 88.3 Å². The van der Waals surface area contributed by atoms with E-state index in [4.69, 9.17) is 5.11 Å². The van der Waals surface area contributed by atoms with Crippen LogP contribution in [0.5, 0.6) is 0 Å². The number of aromatic nitrogens is 3. The van der Waals surface area contributed by atoms with Crippen LogP contribution >= 0.6 is 0 Å². The van der Waals surface area contributed by atoms with E-state index in [1.54, 1.807) is 24.3 Å². The lowest BCUT2D eigenvalue weighted by Crippen LogP contribution is -2.20. The summed E-state index contributed by atoms with van der Waals surface area (Å²) in [6, 6.07) is 14.2. The highest BCUT2D eigenvalue weighted by Crippen LogP contribution is 2.32. The van der Waals surface area contributed by atoms with Gasteiger partial charge in [0.15, 0.2) is 5.82 Å². The molecule has 0 saturated carbocycles. The SMILES string of the molecule is O=C(Nc1cccc(C(F)(F)F)c1)Nc1ccc(-c2ccc(C(=O)O)cc2)cc1-c1n[nH]c(=O)[nH]1. The number of alkyl halides is 3. The lowest BCUT2D eigenvalue weighted by Gasteiger charge is -2.14. The van der Waals surface area contributed by atoms with E-state index in [0.29, 0.717) is 16.7 Å². The van der Waals surface area contributed by atoms with E-state index in [1.165, 1.54) is 30.3 Å². The molecule has 0 aliphatic rings. The number of benzene rings is 3. The number of halogens is 3. The van der Waals surface area contributed by atoms with Gasteiger partial charge in [0.05, 0.1) is 16.8 Å². The van der Waals surface area contributed by atoms with Crippen LogP contribution in [0.25, 0.3) is 22.5 Å². The molecule has 12 heteroatoms. The number of hydrogen-bond acceptors (Lipinski definition) is 4. The lowest BCUT2D eigenvalue weighted by atomic mass is 10.00. The number of nitrogens with zero attached hydrogens (tertiary/aromatic N) is 1. The highest BCUT2D eigenvalue weighted by atomic mass is 19.4. The van der Waals surface area contributed by atoms with Crippen LogP contribution < -0.4 is 16.3 Å². The zero-order valence-corrected chi connectivity index (χ0v) is 17.6. The maximum absolute atomic E-state index is 12.9. The van der Waals surface area contributed by atoms with Crippen molar-refractivity contribution in [1.29, 1.82) is 0 Å². The van der Waals surface area contributed by atoms with Crippen molar-refractivity contribution in [2.24, 2.45) is 0 Å². The zero-order chi connectivity index (χ0) is 25.2. The minimum Gasteiger partial charge on any atom is -0.478 e. The van der Waals surface area contributed by atoms with Crippen molar-refractivity contribution >= 4 is 23.4 Å². The molecule has 178 valence electrons. The van der Waals surface area contributed by atoms with E-state index < -0.39 is 29.4 Å². The normalized spacial score (nSPS) is 11.2. The van der Waals surface area contributed by atoms with Crippen LogP contribution in [0.2, 0.25) is 0 Å². The van der Waals surface area contributed by atoms with E-state index in [1.807, 2.05) is 0 Å². The Bertz CT molecular complexity index is 1460. The molecule has 3 aromatic carbocycles. The molecule has 0 unspecified atom stereocenters. The van der Waals surface area contributed by atoms with Gasteiger partial charge in [-0.1, -0.05) is 24.3 Å². The van der Waals surface area contributed by atoms with Crippen molar-refractivity contribution < 1.29 is 27.9 Å².